The second kappa shape index (κ2) is 6.30. The predicted octanol–water partition coefficient (Wildman–Crippen LogP) is 2.95. The Labute approximate surface area is 127 Å². The van der Waals surface area contributed by atoms with Gasteiger partial charge in [0.25, 0.3) is 0 Å². The van der Waals surface area contributed by atoms with E-state index in [2.05, 4.69) is 0 Å². The molecule has 5 heteroatoms. The SMILES string of the molecule is O=C(O[C@H]1CCOC1=O)c1ccc(Oc2ccccc2)cc1. The molecule has 0 N–H and O–H groups in total. The quantitative estimate of drug-likeness (QED) is 0.812. The normalized spacial score (nSPS) is 16.9. The lowest BCUT2D eigenvalue weighted by atomic mass is 10.2. The fraction of sp³-hybridized carbons (Fsp3) is 0.176. The van der Waals surface area contributed by atoms with Crippen molar-refractivity contribution < 1.29 is 23.8 Å². The first-order valence-electron chi connectivity index (χ1n) is 6.93. The van der Waals surface area contributed by atoms with E-state index in [0.29, 0.717) is 30.1 Å². The summed E-state index contributed by atoms with van der Waals surface area (Å²) in [6, 6.07) is 15.9. The van der Waals surface area contributed by atoms with Gasteiger partial charge in [0.2, 0.25) is 6.10 Å². The zero-order chi connectivity index (χ0) is 15.4. The molecule has 1 atom stereocenters. The molecule has 2 aromatic rings. The second-order valence-electron chi connectivity index (χ2n) is 4.79. The summed E-state index contributed by atoms with van der Waals surface area (Å²) >= 11 is 0. The van der Waals surface area contributed by atoms with Crippen LogP contribution in [-0.2, 0) is 14.3 Å². The van der Waals surface area contributed by atoms with Crippen LogP contribution in [-0.4, -0.2) is 24.6 Å². The van der Waals surface area contributed by atoms with E-state index in [4.69, 9.17) is 14.2 Å². The van der Waals surface area contributed by atoms with E-state index < -0.39 is 18.0 Å². The molecule has 0 radical (unpaired) electrons. The Morgan fingerprint density at radius 3 is 2.32 bits per heavy atom. The van der Waals surface area contributed by atoms with Crippen LogP contribution in [0.5, 0.6) is 11.5 Å². The van der Waals surface area contributed by atoms with Crippen molar-refractivity contribution in [1.29, 1.82) is 0 Å². The van der Waals surface area contributed by atoms with Gasteiger partial charge in [0.05, 0.1) is 12.2 Å². The van der Waals surface area contributed by atoms with E-state index in [0.717, 1.165) is 0 Å². The first-order chi connectivity index (χ1) is 10.7. The van der Waals surface area contributed by atoms with Gasteiger partial charge in [0, 0.05) is 6.42 Å². The summed E-state index contributed by atoms with van der Waals surface area (Å²) in [6.07, 6.45) is -0.396. The first kappa shape index (κ1) is 14.1. The molecule has 0 saturated carbocycles. The van der Waals surface area contributed by atoms with Crippen molar-refractivity contribution in [2.45, 2.75) is 12.5 Å². The third kappa shape index (κ3) is 3.25. The van der Waals surface area contributed by atoms with Crippen molar-refractivity contribution in [3.8, 4) is 11.5 Å². The highest BCUT2D eigenvalue weighted by molar-refractivity contribution is 5.91. The number of ether oxygens (including phenoxy) is 3. The minimum atomic E-state index is -0.798. The molecule has 0 aliphatic carbocycles. The van der Waals surface area contributed by atoms with Gasteiger partial charge < -0.3 is 14.2 Å². The molecular formula is C17H14O5. The minimum absolute atomic E-state index is 0.292. The van der Waals surface area contributed by atoms with Gasteiger partial charge in [-0.1, -0.05) is 18.2 Å². The number of carbonyl (C=O) groups is 2. The third-order valence-electron chi connectivity index (χ3n) is 3.21. The van der Waals surface area contributed by atoms with Gasteiger partial charge in [-0.25, -0.2) is 9.59 Å². The van der Waals surface area contributed by atoms with Gasteiger partial charge in [-0.3, -0.25) is 0 Å². The zero-order valence-corrected chi connectivity index (χ0v) is 11.7. The molecule has 0 aromatic heterocycles. The number of esters is 2. The lowest BCUT2D eigenvalue weighted by Crippen LogP contribution is -2.22. The average Bonchev–Trinajstić information content (AvgIpc) is 2.94. The maximum Gasteiger partial charge on any atom is 0.347 e. The molecule has 2 aromatic carbocycles. The Balaban J connectivity index is 1.63. The molecule has 0 amide bonds. The van der Waals surface area contributed by atoms with Crippen LogP contribution in [0.1, 0.15) is 16.8 Å². The molecule has 0 spiro atoms. The molecule has 5 nitrogen and oxygen atoms in total. The first-order valence-corrected chi connectivity index (χ1v) is 6.93. The van der Waals surface area contributed by atoms with Gasteiger partial charge in [-0.15, -0.1) is 0 Å². The van der Waals surface area contributed by atoms with E-state index >= 15 is 0 Å². The van der Waals surface area contributed by atoms with Crippen LogP contribution in [0.4, 0.5) is 0 Å². The number of hydrogen-bond acceptors (Lipinski definition) is 5. The number of hydrogen-bond donors (Lipinski definition) is 0. The van der Waals surface area contributed by atoms with Gasteiger partial charge in [-0.2, -0.15) is 0 Å². The maximum atomic E-state index is 11.9. The van der Waals surface area contributed by atoms with E-state index in [-0.39, 0.29) is 0 Å². The van der Waals surface area contributed by atoms with E-state index in [9.17, 15) is 9.59 Å². The monoisotopic (exact) mass is 298 g/mol. The van der Waals surface area contributed by atoms with Crippen molar-refractivity contribution in [1.82, 2.24) is 0 Å². The fourth-order valence-electron chi connectivity index (χ4n) is 2.07. The van der Waals surface area contributed by atoms with Crippen LogP contribution in [0.25, 0.3) is 0 Å². The standard InChI is InChI=1S/C17H14O5/c18-16(22-15-10-11-20-17(15)19)12-6-8-14(9-7-12)21-13-4-2-1-3-5-13/h1-9,15H,10-11H2/t15-/m0/s1. The van der Waals surface area contributed by atoms with Crippen LogP contribution in [0.3, 0.4) is 0 Å². The average molecular weight is 298 g/mol. The Morgan fingerprint density at radius 2 is 1.68 bits per heavy atom. The molecule has 1 aliphatic heterocycles. The molecule has 1 saturated heterocycles. The fourth-order valence-corrected chi connectivity index (χ4v) is 2.07. The summed E-state index contributed by atoms with van der Waals surface area (Å²) < 4.78 is 15.5. The highest BCUT2D eigenvalue weighted by Gasteiger charge is 2.30. The summed E-state index contributed by atoms with van der Waals surface area (Å²) in [5.74, 6) is 0.294. The third-order valence-corrected chi connectivity index (χ3v) is 3.21. The summed E-state index contributed by atoms with van der Waals surface area (Å²) in [6.45, 7) is 0.292. The molecule has 22 heavy (non-hydrogen) atoms. The molecular weight excluding hydrogens is 284 g/mol. The number of benzene rings is 2. The number of rotatable bonds is 4. The second-order valence-corrected chi connectivity index (χ2v) is 4.79. The summed E-state index contributed by atoms with van der Waals surface area (Å²) in [5.41, 5.74) is 0.361. The molecule has 1 heterocycles. The summed E-state index contributed by atoms with van der Waals surface area (Å²) in [7, 11) is 0. The van der Waals surface area contributed by atoms with Crippen molar-refractivity contribution in [2.75, 3.05) is 6.61 Å². The molecule has 3 rings (SSSR count). The predicted molar refractivity (Wildman–Crippen MR) is 77.7 cm³/mol. The largest absolute Gasteiger partial charge is 0.463 e. The number of carbonyl (C=O) groups excluding carboxylic acids is 2. The van der Waals surface area contributed by atoms with Crippen LogP contribution in [0.15, 0.2) is 54.6 Å². The van der Waals surface area contributed by atoms with Crippen LogP contribution < -0.4 is 4.74 Å². The lowest BCUT2D eigenvalue weighted by Gasteiger charge is -2.09. The maximum absolute atomic E-state index is 11.9. The molecule has 1 fully saturated rings. The molecule has 0 bridgehead atoms. The van der Waals surface area contributed by atoms with E-state index in [1.807, 2.05) is 30.3 Å². The van der Waals surface area contributed by atoms with Gasteiger partial charge in [0.15, 0.2) is 0 Å². The number of para-hydroxylation sites is 1. The van der Waals surface area contributed by atoms with E-state index in [1.165, 1.54) is 0 Å². The Morgan fingerprint density at radius 1 is 1.00 bits per heavy atom. The zero-order valence-electron chi connectivity index (χ0n) is 11.7. The minimum Gasteiger partial charge on any atom is -0.463 e. The topological polar surface area (TPSA) is 61.8 Å². The Hall–Kier alpha value is -2.82. The highest BCUT2D eigenvalue weighted by atomic mass is 16.6. The molecule has 112 valence electrons. The van der Waals surface area contributed by atoms with Crippen LogP contribution in [0, 0.1) is 0 Å². The van der Waals surface area contributed by atoms with Crippen molar-refractivity contribution >= 4 is 11.9 Å². The Kier molecular flexibility index (Phi) is 4.05. The van der Waals surface area contributed by atoms with Crippen molar-refractivity contribution in [2.24, 2.45) is 0 Å². The summed E-state index contributed by atoms with van der Waals surface area (Å²) in [4.78, 5) is 23.2. The molecule has 0 unspecified atom stereocenters. The smallest absolute Gasteiger partial charge is 0.347 e. The molecule has 1 aliphatic rings. The highest BCUT2D eigenvalue weighted by Crippen LogP contribution is 2.22. The number of cyclic esters (lactones) is 1. The van der Waals surface area contributed by atoms with E-state index in [1.54, 1.807) is 24.3 Å². The van der Waals surface area contributed by atoms with Gasteiger partial charge in [0.1, 0.15) is 11.5 Å². The van der Waals surface area contributed by atoms with Gasteiger partial charge in [-0.05, 0) is 36.4 Å². The summed E-state index contributed by atoms with van der Waals surface area (Å²) in [5, 5.41) is 0. The van der Waals surface area contributed by atoms with Gasteiger partial charge >= 0.3 is 11.9 Å². The lowest BCUT2D eigenvalue weighted by molar-refractivity contribution is -0.145. The van der Waals surface area contributed by atoms with Crippen LogP contribution in [0.2, 0.25) is 0 Å². The Bertz CT molecular complexity index is 663. The van der Waals surface area contributed by atoms with Crippen molar-refractivity contribution in [3.63, 3.8) is 0 Å². The van der Waals surface area contributed by atoms with Crippen molar-refractivity contribution in [3.05, 3.63) is 60.2 Å². The van der Waals surface area contributed by atoms with Crippen LogP contribution >= 0.6 is 0 Å².